The summed E-state index contributed by atoms with van der Waals surface area (Å²) in [6.45, 7) is 5.36. The van der Waals surface area contributed by atoms with Gasteiger partial charge in [0.1, 0.15) is 0 Å². The van der Waals surface area contributed by atoms with Crippen molar-refractivity contribution in [2.45, 2.75) is 25.9 Å². The van der Waals surface area contributed by atoms with Gasteiger partial charge in [-0.15, -0.1) is 0 Å². The molecule has 1 aliphatic rings. The van der Waals surface area contributed by atoms with Gasteiger partial charge < -0.3 is 10.2 Å². The number of carbonyl (C=O) groups is 2. The first-order valence-corrected chi connectivity index (χ1v) is 9.95. The van der Waals surface area contributed by atoms with Crippen molar-refractivity contribution in [3.8, 4) is 0 Å². The number of nitrogens with zero attached hydrogens (tertiary/aromatic N) is 2. The Balaban J connectivity index is 1.54. The Bertz CT molecular complexity index is 804. The van der Waals surface area contributed by atoms with Gasteiger partial charge in [-0.1, -0.05) is 54.1 Å². The van der Waals surface area contributed by atoms with E-state index < -0.39 is 0 Å². The van der Waals surface area contributed by atoms with E-state index >= 15 is 0 Å². The second-order valence-corrected chi connectivity index (χ2v) is 7.59. The number of hydrogen-bond acceptors (Lipinski definition) is 3. The standard InChI is InChI=1S/C22H26ClN3O2/c1-17(27)24-21(19-7-3-2-4-8-19)15-22(28)26-12-10-25(11-13-26)16-18-6-5-9-20(23)14-18/h2-9,14,21H,10-13,15-16H2,1H3,(H,24,27)/t21-/m0/s1. The molecule has 0 spiro atoms. The maximum absolute atomic E-state index is 12.8. The zero-order valence-corrected chi connectivity index (χ0v) is 16.9. The van der Waals surface area contributed by atoms with Gasteiger partial charge in [-0.3, -0.25) is 14.5 Å². The van der Waals surface area contributed by atoms with Crippen LogP contribution in [0.1, 0.15) is 30.5 Å². The summed E-state index contributed by atoms with van der Waals surface area (Å²) in [5.74, 6) is -0.0574. The molecule has 0 saturated carbocycles. The molecule has 3 rings (SSSR count). The van der Waals surface area contributed by atoms with Crippen LogP contribution in [0.3, 0.4) is 0 Å². The topological polar surface area (TPSA) is 52.7 Å². The Morgan fingerprint density at radius 1 is 1.04 bits per heavy atom. The van der Waals surface area contributed by atoms with Gasteiger partial charge in [-0.2, -0.15) is 0 Å². The molecule has 1 atom stereocenters. The molecule has 1 fully saturated rings. The van der Waals surface area contributed by atoms with E-state index in [0.29, 0.717) is 13.1 Å². The average Bonchev–Trinajstić information content (AvgIpc) is 2.68. The quantitative estimate of drug-likeness (QED) is 0.811. The van der Waals surface area contributed by atoms with Crippen LogP contribution in [0.2, 0.25) is 5.02 Å². The van der Waals surface area contributed by atoms with Crippen molar-refractivity contribution >= 4 is 23.4 Å². The molecular weight excluding hydrogens is 374 g/mol. The first-order chi connectivity index (χ1) is 13.5. The van der Waals surface area contributed by atoms with Crippen molar-refractivity contribution in [3.63, 3.8) is 0 Å². The molecule has 2 aromatic carbocycles. The van der Waals surface area contributed by atoms with Crippen molar-refractivity contribution in [2.75, 3.05) is 26.2 Å². The van der Waals surface area contributed by atoms with Gasteiger partial charge in [0.25, 0.3) is 0 Å². The van der Waals surface area contributed by atoms with E-state index in [1.54, 1.807) is 0 Å². The number of hydrogen-bond donors (Lipinski definition) is 1. The molecule has 148 valence electrons. The fourth-order valence-corrected chi connectivity index (χ4v) is 3.75. The Morgan fingerprint density at radius 3 is 2.39 bits per heavy atom. The van der Waals surface area contributed by atoms with Gasteiger partial charge in [0.15, 0.2) is 0 Å². The molecule has 2 amide bonds. The van der Waals surface area contributed by atoms with Gasteiger partial charge in [0, 0.05) is 44.7 Å². The van der Waals surface area contributed by atoms with Crippen LogP contribution in [-0.2, 0) is 16.1 Å². The van der Waals surface area contributed by atoms with E-state index in [9.17, 15) is 9.59 Å². The molecule has 6 heteroatoms. The van der Waals surface area contributed by atoms with E-state index in [4.69, 9.17) is 11.6 Å². The Labute approximate surface area is 171 Å². The van der Waals surface area contributed by atoms with Crippen LogP contribution in [0.4, 0.5) is 0 Å². The van der Waals surface area contributed by atoms with Gasteiger partial charge >= 0.3 is 0 Å². The lowest BCUT2D eigenvalue weighted by atomic mass is 10.0. The number of carbonyl (C=O) groups excluding carboxylic acids is 2. The van der Waals surface area contributed by atoms with Crippen LogP contribution >= 0.6 is 11.6 Å². The highest BCUT2D eigenvalue weighted by Gasteiger charge is 2.24. The summed E-state index contributed by atoms with van der Waals surface area (Å²) in [7, 11) is 0. The molecule has 5 nitrogen and oxygen atoms in total. The number of piperazine rings is 1. The third kappa shape index (κ3) is 5.81. The van der Waals surface area contributed by atoms with Crippen molar-refractivity contribution in [1.82, 2.24) is 15.1 Å². The number of rotatable bonds is 6. The van der Waals surface area contributed by atoms with Gasteiger partial charge in [0.05, 0.1) is 12.5 Å². The van der Waals surface area contributed by atoms with Crippen LogP contribution in [0.25, 0.3) is 0 Å². The Morgan fingerprint density at radius 2 is 1.75 bits per heavy atom. The summed E-state index contributed by atoms with van der Waals surface area (Å²) >= 11 is 6.06. The lowest BCUT2D eigenvalue weighted by Crippen LogP contribution is -2.49. The summed E-state index contributed by atoms with van der Waals surface area (Å²) < 4.78 is 0. The molecule has 1 heterocycles. The van der Waals surface area contributed by atoms with E-state index in [2.05, 4.69) is 16.3 Å². The summed E-state index contributed by atoms with van der Waals surface area (Å²) in [6, 6.07) is 17.2. The predicted molar refractivity (Wildman–Crippen MR) is 111 cm³/mol. The van der Waals surface area contributed by atoms with Crippen LogP contribution < -0.4 is 5.32 Å². The van der Waals surface area contributed by atoms with Crippen LogP contribution in [0.15, 0.2) is 54.6 Å². The maximum Gasteiger partial charge on any atom is 0.225 e. The zero-order valence-electron chi connectivity index (χ0n) is 16.1. The normalized spacial score (nSPS) is 15.9. The number of amides is 2. The Hall–Kier alpha value is -2.37. The lowest BCUT2D eigenvalue weighted by molar-refractivity contribution is -0.133. The number of nitrogens with one attached hydrogen (secondary N) is 1. The van der Waals surface area contributed by atoms with E-state index in [1.165, 1.54) is 12.5 Å². The largest absolute Gasteiger partial charge is 0.349 e. The summed E-state index contributed by atoms with van der Waals surface area (Å²) in [6.07, 6.45) is 0.276. The minimum atomic E-state index is -0.296. The molecule has 2 aromatic rings. The molecular formula is C22H26ClN3O2. The van der Waals surface area contributed by atoms with E-state index in [1.807, 2.05) is 53.4 Å². The summed E-state index contributed by atoms with van der Waals surface area (Å²) in [4.78, 5) is 28.6. The molecule has 1 N–H and O–H groups in total. The van der Waals surface area contributed by atoms with Crippen LogP contribution in [0.5, 0.6) is 0 Å². The van der Waals surface area contributed by atoms with Gasteiger partial charge in [-0.25, -0.2) is 0 Å². The molecule has 1 aliphatic heterocycles. The van der Waals surface area contributed by atoms with E-state index in [-0.39, 0.29) is 24.3 Å². The SMILES string of the molecule is CC(=O)N[C@@H](CC(=O)N1CCN(Cc2cccc(Cl)c2)CC1)c1ccccc1. The van der Waals surface area contributed by atoms with Crippen LogP contribution in [-0.4, -0.2) is 47.8 Å². The van der Waals surface area contributed by atoms with Crippen LogP contribution in [0, 0.1) is 0 Å². The summed E-state index contributed by atoms with van der Waals surface area (Å²) in [5, 5.41) is 3.65. The highest BCUT2D eigenvalue weighted by Crippen LogP contribution is 2.19. The minimum absolute atomic E-state index is 0.0741. The number of halogens is 1. The van der Waals surface area contributed by atoms with Gasteiger partial charge in [0.2, 0.25) is 11.8 Å². The predicted octanol–water partition coefficient (Wildman–Crippen LogP) is 3.25. The smallest absolute Gasteiger partial charge is 0.225 e. The first kappa shape index (κ1) is 20.4. The highest BCUT2D eigenvalue weighted by molar-refractivity contribution is 6.30. The second-order valence-electron chi connectivity index (χ2n) is 7.15. The maximum atomic E-state index is 12.8. The molecule has 0 radical (unpaired) electrons. The van der Waals surface area contributed by atoms with Gasteiger partial charge in [-0.05, 0) is 23.3 Å². The first-order valence-electron chi connectivity index (χ1n) is 9.58. The average molecular weight is 400 g/mol. The van der Waals surface area contributed by atoms with Crippen molar-refractivity contribution < 1.29 is 9.59 Å². The summed E-state index contributed by atoms with van der Waals surface area (Å²) in [5.41, 5.74) is 2.13. The Kier molecular flexibility index (Phi) is 7.06. The lowest BCUT2D eigenvalue weighted by Gasteiger charge is -2.35. The second kappa shape index (κ2) is 9.71. The fourth-order valence-electron chi connectivity index (χ4n) is 3.54. The number of benzene rings is 2. The van der Waals surface area contributed by atoms with Crippen molar-refractivity contribution in [3.05, 3.63) is 70.7 Å². The molecule has 0 bridgehead atoms. The third-order valence-corrected chi connectivity index (χ3v) is 5.21. The van der Waals surface area contributed by atoms with E-state index in [0.717, 1.165) is 30.2 Å². The molecule has 1 saturated heterocycles. The molecule has 0 aliphatic carbocycles. The minimum Gasteiger partial charge on any atom is -0.349 e. The van der Waals surface area contributed by atoms with Crippen molar-refractivity contribution in [1.29, 1.82) is 0 Å². The zero-order chi connectivity index (χ0) is 19.9. The fraction of sp³-hybridized carbons (Fsp3) is 0.364. The molecule has 28 heavy (non-hydrogen) atoms. The highest BCUT2D eigenvalue weighted by atomic mass is 35.5. The monoisotopic (exact) mass is 399 g/mol. The third-order valence-electron chi connectivity index (χ3n) is 4.98. The van der Waals surface area contributed by atoms with Crippen molar-refractivity contribution in [2.24, 2.45) is 0 Å². The molecule has 0 aromatic heterocycles. The molecule has 0 unspecified atom stereocenters.